The van der Waals surface area contributed by atoms with Gasteiger partial charge in [-0.3, -0.25) is 0 Å². The van der Waals surface area contributed by atoms with E-state index >= 15 is 0 Å². The van der Waals surface area contributed by atoms with E-state index in [1.54, 1.807) is 0 Å². The second-order valence-electron chi connectivity index (χ2n) is 3.03. The Labute approximate surface area is 101 Å². The molecule has 6 heteroatoms. The third-order valence-electron chi connectivity index (χ3n) is 1.88. The molecule has 0 aliphatic carbocycles. The average Bonchev–Trinajstić information content (AvgIpc) is 1.97. The van der Waals surface area contributed by atoms with Crippen molar-refractivity contribution in [3.63, 3.8) is 0 Å². The predicted octanol–water partition coefficient (Wildman–Crippen LogP) is 0.169. The van der Waals surface area contributed by atoms with Gasteiger partial charge in [0.25, 0.3) is 0 Å². The van der Waals surface area contributed by atoms with E-state index in [1.807, 2.05) is 0 Å². The Hall–Kier alpha value is 0.330. The summed E-state index contributed by atoms with van der Waals surface area (Å²) in [5, 5.41) is 0. The van der Waals surface area contributed by atoms with Crippen LogP contribution in [0.1, 0.15) is 11.1 Å². The fraction of sp³-hybridized carbons (Fsp3) is 0.250. The van der Waals surface area contributed by atoms with Crippen molar-refractivity contribution in [2.24, 2.45) is 0 Å². The molecule has 74 valence electrons. The number of aryl methyl sites for hydroxylation is 1. The van der Waals surface area contributed by atoms with Crippen molar-refractivity contribution in [3.8, 4) is 0 Å². The van der Waals surface area contributed by atoms with Gasteiger partial charge in [-0.15, -0.1) is 0 Å². The minimum atomic E-state index is -4.64. The molecule has 0 atom stereocenters. The molecule has 0 heterocycles. The molecule has 0 radical (unpaired) electrons. The molecule has 3 N–H and O–H groups in total. The van der Waals surface area contributed by atoms with Crippen LogP contribution in [-0.2, 0) is 4.57 Å². The van der Waals surface area contributed by atoms with Crippen LogP contribution in [-0.4, -0.2) is 42.6 Å². The fourth-order valence-electron chi connectivity index (χ4n) is 0.898. The van der Waals surface area contributed by atoms with Crippen molar-refractivity contribution in [1.82, 2.24) is 0 Å². The van der Waals surface area contributed by atoms with Gasteiger partial charge in [0.1, 0.15) is 0 Å². The van der Waals surface area contributed by atoms with Gasteiger partial charge in [-0.2, -0.15) is 0 Å². The maximum Gasteiger partial charge on any atom is 0.466 e. The summed E-state index contributed by atoms with van der Waals surface area (Å²) in [6.45, 7) is 4.36. The van der Waals surface area contributed by atoms with Crippen molar-refractivity contribution < 1.29 is 19.2 Å². The van der Waals surface area contributed by atoms with Crippen LogP contribution in [0, 0.1) is 13.8 Å². The van der Waals surface area contributed by atoms with Gasteiger partial charge < -0.3 is 14.7 Å². The summed E-state index contributed by atoms with van der Waals surface area (Å²) in [5.74, 6) is 0. The molecule has 1 aromatic carbocycles. The average molecular weight is 226 g/mol. The van der Waals surface area contributed by atoms with Gasteiger partial charge in [-0.05, 0) is 0 Å². The summed E-state index contributed by atoms with van der Waals surface area (Å²) < 4.78 is 10.4. The van der Waals surface area contributed by atoms with Crippen molar-refractivity contribution in [1.29, 1.82) is 0 Å². The topological polar surface area (TPSA) is 77.8 Å². The molecule has 0 bridgehead atoms. The van der Waals surface area contributed by atoms with Crippen molar-refractivity contribution in [2.45, 2.75) is 13.8 Å². The number of hydrogen-bond acceptors (Lipinski definition) is 1. The molecule has 0 aromatic heterocycles. The standard InChI is InChI=1S/C8H9.Na.H3O4P/c1-7-5-3-4-6-8(7)2;;1-5(2,3)4/h3-5H,1-2H3;;(H3,1,2,3,4). The first-order chi connectivity index (χ1) is 6.22. The molecule has 0 aliphatic rings. The van der Waals surface area contributed by atoms with E-state index in [-0.39, 0.29) is 0 Å². The minimum Gasteiger partial charge on any atom is -0.303 e. The molecule has 1 rings (SSSR count). The summed E-state index contributed by atoms with van der Waals surface area (Å²) in [4.78, 5) is 21.6. The number of phosphoric acid groups is 1. The van der Waals surface area contributed by atoms with Crippen molar-refractivity contribution >= 4 is 38.6 Å². The quantitative estimate of drug-likeness (QED) is 0.435. The Kier molecular flexibility index (Phi) is 6.17. The zero-order valence-corrected chi connectivity index (χ0v) is 11.3. The molecule has 0 amide bonds. The Morgan fingerprint density at radius 2 is 1.64 bits per heavy atom. The number of benzene rings is 1. The first-order valence-corrected chi connectivity index (χ1v) is 6.59. The fourth-order valence-corrected chi connectivity index (χ4v) is 1.48. The number of hydrogen-bond donors (Lipinski definition) is 3. The second-order valence-corrected chi connectivity index (χ2v) is 5.13. The maximum absolute atomic E-state index is 8.88. The monoisotopic (exact) mass is 226 g/mol. The van der Waals surface area contributed by atoms with Gasteiger partial charge in [-0.1, -0.05) is 0 Å². The van der Waals surface area contributed by atoms with E-state index < -0.39 is 7.82 Å². The molecule has 0 aliphatic heterocycles. The normalized spacial score (nSPS) is 10.5. The van der Waals surface area contributed by atoms with E-state index in [4.69, 9.17) is 19.2 Å². The van der Waals surface area contributed by atoms with E-state index in [9.17, 15) is 0 Å². The molecule has 1 aromatic rings. The Morgan fingerprint density at radius 1 is 1.21 bits per heavy atom. The van der Waals surface area contributed by atoms with Crippen LogP contribution in [0.15, 0.2) is 18.2 Å². The van der Waals surface area contributed by atoms with Gasteiger partial charge in [0.05, 0.1) is 0 Å². The van der Waals surface area contributed by atoms with Crippen LogP contribution >= 0.6 is 7.82 Å². The molecule has 0 unspecified atom stereocenters. The predicted molar refractivity (Wildman–Crippen MR) is 55.6 cm³/mol. The zero-order valence-electron chi connectivity index (χ0n) is 8.43. The molecule has 0 saturated carbocycles. The Balaban J connectivity index is 0.000000292. The Morgan fingerprint density at radius 3 is 1.93 bits per heavy atom. The van der Waals surface area contributed by atoms with E-state index in [0.717, 1.165) is 0 Å². The smallest absolute Gasteiger partial charge is 0.303 e. The van der Waals surface area contributed by atoms with Crippen LogP contribution in [0.5, 0.6) is 0 Å². The molecular formula is C8H12NaO4P. The van der Waals surface area contributed by atoms with Gasteiger partial charge in [0.2, 0.25) is 0 Å². The van der Waals surface area contributed by atoms with Gasteiger partial charge >= 0.3 is 81.7 Å². The number of rotatable bonds is 0. The summed E-state index contributed by atoms with van der Waals surface area (Å²) in [5.41, 5.74) is 2.90. The summed E-state index contributed by atoms with van der Waals surface area (Å²) in [6.07, 6.45) is 0. The van der Waals surface area contributed by atoms with Crippen LogP contribution < -0.4 is 2.81 Å². The molecule has 0 fully saturated rings. The van der Waals surface area contributed by atoms with Crippen molar-refractivity contribution in [2.75, 3.05) is 0 Å². The van der Waals surface area contributed by atoms with Crippen LogP contribution in [0.4, 0.5) is 0 Å². The summed E-state index contributed by atoms with van der Waals surface area (Å²) >= 11 is 1.17. The molecule has 4 nitrogen and oxygen atoms in total. The zero-order chi connectivity index (χ0) is 11.4. The maximum atomic E-state index is 8.88. The minimum absolute atomic E-state index is 1.17. The third kappa shape index (κ3) is 7.71. The SMILES string of the molecule is Cc1ccc[c]([Na])c1C.O=P(O)(O)O. The van der Waals surface area contributed by atoms with Gasteiger partial charge in [0.15, 0.2) is 0 Å². The third-order valence-corrected chi connectivity index (χ3v) is 2.96. The molecule has 0 spiro atoms. The van der Waals surface area contributed by atoms with Crippen LogP contribution in [0.2, 0.25) is 0 Å². The first kappa shape index (κ1) is 14.3. The Bertz CT molecular complexity index is 319. The molecule has 14 heavy (non-hydrogen) atoms. The summed E-state index contributed by atoms with van der Waals surface area (Å²) in [6, 6.07) is 6.50. The summed E-state index contributed by atoms with van der Waals surface area (Å²) in [7, 11) is -4.64. The second kappa shape index (κ2) is 6.03. The van der Waals surface area contributed by atoms with E-state index in [1.165, 1.54) is 41.9 Å². The van der Waals surface area contributed by atoms with Crippen molar-refractivity contribution in [3.05, 3.63) is 29.3 Å². The van der Waals surface area contributed by atoms with E-state index in [2.05, 4.69) is 32.0 Å². The van der Waals surface area contributed by atoms with Crippen LogP contribution in [0.3, 0.4) is 0 Å². The van der Waals surface area contributed by atoms with E-state index in [0.29, 0.717) is 0 Å². The van der Waals surface area contributed by atoms with Gasteiger partial charge in [-0.25, -0.2) is 4.57 Å². The van der Waals surface area contributed by atoms with Crippen LogP contribution in [0.25, 0.3) is 0 Å². The molecular weight excluding hydrogens is 214 g/mol. The molecule has 0 saturated heterocycles. The first-order valence-electron chi connectivity index (χ1n) is 4.03. The van der Waals surface area contributed by atoms with Gasteiger partial charge in [0, 0.05) is 0 Å². The largest absolute Gasteiger partial charge is 0.466 e.